The molecule has 0 unspecified atom stereocenters. The molecular weight excluding hydrogens is 430 g/mol. The number of rotatable bonds is 6. The van der Waals surface area contributed by atoms with Gasteiger partial charge < -0.3 is 20.3 Å². The van der Waals surface area contributed by atoms with E-state index in [0.29, 0.717) is 62.2 Å². The lowest BCUT2D eigenvalue weighted by Crippen LogP contribution is -2.38. The Balaban J connectivity index is 1.74. The highest BCUT2D eigenvalue weighted by atomic mass is 32.2. The van der Waals surface area contributed by atoms with Crippen molar-refractivity contribution in [3.05, 3.63) is 36.0 Å². The first-order valence-corrected chi connectivity index (χ1v) is 12.3. The molecule has 9 nitrogen and oxygen atoms in total. The zero-order chi connectivity index (χ0) is 22.9. The summed E-state index contributed by atoms with van der Waals surface area (Å²) in [5, 5.41) is 4.93. The summed E-state index contributed by atoms with van der Waals surface area (Å²) >= 11 is 0. The predicted molar refractivity (Wildman–Crippen MR) is 124 cm³/mol. The van der Waals surface area contributed by atoms with Gasteiger partial charge in [-0.15, -0.1) is 0 Å². The number of nitrogens with zero attached hydrogens (tertiary/aromatic N) is 3. The molecule has 4 rings (SSSR count). The molecule has 2 aliphatic rings. The number of benzene rings is 1. The van der Waals surface area contributed by atoms with E-state index in [-0.39, 0.29) is 11.3 Å². The molecule has 1 aromatic heterocycles. The van der Waals surface area contributed by atoms with Crippen LogP contribution in [0.2, 0.25) is 0 Å². The molecular formula is C22H29N5O4S. The summed E-state index contributed by atoms with van der Waals surface area (Å²) in [6, 6.07) is 8.65. The number of sulfone groups is 1. The van der Waals surface area contributed by atoms with Crippen molar-refractivity contribution in [1.82, 2.24) is 15.3 Å². The van der Waals surface area contributed by atoms with Gasteiger partial charge in [-0.2, -0.15) is 0 Å². The van der Waals surface area contributed by atoms with Gasteiger partial charge in [-0.1, -0.05) is 0 Å². The molecule has 2 heterocycles. The first kappa shape index (κ1) is 22.5. The van der Waals surface area contributed by atoms with Crippen molar-refractivity contribution in [2.45, 2.75) is 36.7 Å². The lowest BCUT2D eigenvalue weighted by molar-refractivity contribution is 0.122. The largest absolute Gasteiger partial charge is 0.378 e. The molecule has 172 valence electrons. The van der Waals surface area contributed by atoms with Crippen LogP contribution in [0, 0.1) is 0 Å². The number of ether oxygens (including phenoxy) is 1. The number of carbonyl (C=O) groups excluding carboxylic acids is 1. The van der Waals surface area contributed by atoms with Crippen LogP contribution in [0.15, 0.2) is 30.3 Å². The van der Waals surface area contributed by atoms with Crippen LogP contribution in [0.1, 0.15) is 32.4 Å². The Hall–Kier alpha value is -2.72. The van der Waals surface area contributed by atoms with Gasteiger partial charge in [-0.25, -0.2) is 23.2 Å². The average molecular weight is 460 g/mol. The molecule has 0 atom stereocenters. The summed E-state index contributed by atoms with van der Waals surface area (Å²) in [4.78, 5) is 23.1. The molecule has 1 aliphatic heterocycles. The van der Waals surface area contributed by atoms with Crippen molar-refractivity contribution in [2.24, 2.45) is 0 Å². The number of urea groups is 1. The minimum absolute atomic E-state index is 0.294. The zero-order valence-electron chi connectivity index (χ0n) is 18.6. The SMILES string of the molecule is CNC(=O)Nc1ccc(-c2nc(N3CCOCC3)cc(C(C)(C)S(=O)(=O)C3CC3)n2)cc1. The fraction of sp³-hybridized carbons (Fsp3) is 0.500. The van der Waals surface area contributed by atoms with E-state index < -0.39 is 14.6 Å². The van der Waals surface area contributed by atoms with Gasteiger partial charge >= 0.3 is 6.03 Å². The fourth-order valence-electron chi connectivity index (χ4n) is 3.66. The van der Waals surface area contributed by atoms with E-state index in [4.69, 9.17) is 14.7 Å². The first-order chi connectivity index (χ1) is 15.2. The molecule has 1 aromatic carbocycles. The third-order valence-corrected chi connectivity index (χ3v) is 8.95. The smallest absolute Gasteiger partial charge is 0.318 e. The Labute approximate surface area is 188 Å². The number of hydrogen-bond acceptors (Lipinski definition) is 7. The second-order valence-electron chi connectivity index (χ2n) is 8.57. The van der Waals surface area contributed by atoms with Crippen LogP contribution in [0.4, 0.5) is 16.3 Å². The minimum atomic E-state index is -3.38. The Morgan fingerprint density at radius 3 is 2.38 bits per heavy atom. The third-order valence-electron chi connectivity index (χ3n) is 5.97. The first-order valence-electron chi connectivity index (χ1n) is 10.8. The summed E-state index contributed by atoms with van der Waals surface area (Å²) in [6.07, 6.45) is 1.42. The Kier molecular flexibility index (Phi) is 6.09. The summed E-state index contributed by atoms with van der Waals surface area (Å²) in [6.45, 7) is 6.01. The van der Waals surface area contributed by atoms with Crippen molar-refractivity contribution in [3.8, 4) is 11.4 Å². The molecule has 2 N–H and O–H groups in total. The van der Waals surface area contributed by atoms with Gasteiger partial charge in [0, 0.05) is 37.5 Å². The second kappa shape index (κ2) is 8.67. The number of anilines is 2. The van der Waals surface area contributed by atoms with Crippen LogP contribution in [-0.4, -0.2) is 63.0 Å². The molecule has 1 aliphatic carbocycles. The second-order valence-corrected chi connectivity index (χ2v) is 11.3. The molecule has 1 saturated carbocycles. The van der Waals surface area contributed by atoms with Crippen LogP contribution >= 0.6 is 0 Å². The normalized spacial score (nSPS) is 17.2. The van der Waals surface area contributed by atoms with Gasteiger partial charge in [-0.05, 0) is 51.0 Å². The van der Waals surface area contributed by atoms with Crippen LogP contribution in [-0.2, 0) is 19.3 Å². The van der Waals surface area contributed by atoms with Gasteiger partial charge in [0.05, 0.1) is 24.2 Å². The van der Waals surface area contributed by atoms with Crippen LogP contribution in [0.5, 0.6) is 0 Å². The van der Waals surface area contributed by atoms with Crippen LogP contribution in [0.3, 0.4) is 0 Å². The molecule has 0 spiro atoms. The minimum Gasteiger partial charge on any atom is -0.378 e. The molecule has 0 bridgehead atoms. The van der Waals surface area contributed by atoms with Gasteiger partial charge in [0.2, 0.25) is 0 Å². The predicted octanol–water partition coefficient (Wildman–Crippen LogP) is 2.54. The quantitative estimate of drug-likeness (QED) is 0.682. The third kappa shape index (κ3) is 4.42. The molecule has 2 amide bonds. The number of amides is 2. The van der Waals surface area contributed by atoms with E-state index >= 15 is 0 Å². The topological polar surface area (TPSA) is 114 Å². The fourth-order valence-corrected chi connectivity index (χ4v) is 5.65. The van der Waals surface area contributed by atoms with Crippen LogP contribution in [0.25, 0.3) is 11.4 Å². The molecule has 32 heavy (non-hydrogen) atoms. The van der Waals surface area contributed by atoms with E-state index in [1.165, 1.54) is 0 Å². The van der Waals surface area contributed by atoms with Gasteiger partial charge in [0.1, 0.15) is 10.6 Å². The van der Waals surface area contributed by atoms with Gasteiger partial charge in [0.15, 0.2) is 15.7 Å². The van der Waals surface area contributed by atoms with Crippen molar-refractivity contribution >= 4 is 27.4 Å². The summed E-state index contributed by atoms with van der Waals surface area (Å²) < 4.78 is 30.7. The number of aromatic nitrogens is 2. The summed E-state index contributed by atoms with van der Waals surface area (Å²) in [7, 11) is -1.83. The highest BCUT2D eigenvalue weighted by Gasteiger charge is 2.48. The van der Waals surface area contributed by atoms with Crippen molar-refractivity contribution in [2.75, 3.05) is 43.6 Å². The zero-order valence-corrected chi connectivity index (χ0v) is 19.4. The molecule has 10 heteroatoms. The Morgan fingerprint density at radius 2 is 1.78 bits per heavy atom. The van der Waals surface area contributed by atoms with E-state index in [0.717, 1.165) is 5.56 Å². The molecule has 2 aromatic rings. The maximum absolute atomic E-state index is 13.2. The standard InChI is InChI=1S/C22H29N5O4S/c1-22(2,32(29,30)17-8-9-17)18-14-19(27-10-12-31-13-11-27)26-20(25-18)15-4-6-16(7-5-15)24-21(28)23-3/h4-7,14,17H,8-13H2,1-3H3,(H2,23,24,28). The maximum Gasteiger partial charge on any atom is 0.318 e. The lowest BCUT2D eigenvalue weighted by atomic mass is 10.1. The van der Waals surface area contributed by atoms with E-state index in [9.17, 15) is 13.2 Å². The number of carbonyl (C=O) groups is 1. The summed E-state index contributed by atoms with van der Waals surface area (Å²) in [5.74, 6) is 1.15. The van der Waals surface area contributed by atoms with Crippen molar-refractivity contribution in [3.63, 3.8) is 0 Å². The number of hydrogen-bond donors (Lipinski definition) is 2. The monoisotopic (exact) mass is 459 g/mol. The Bertz CT molecular complexity index is 1090. The molecule has 2 fully saturated rings. The van der Waals surface area contributed by atoms with E-state index in [2.05, 4.69) is 15.5 Å². The van der Waals surface area contributed by atoms with Gasteiger partial charge in [-0.3, -0.25) is 0 Å². The average Bonchev–Trinajstić information content (AvgIpc) is 3.66. The van der Waals surface area contributed by atoms with E-state index in [1.807, 2.05) is 12.1 Å². The number of morpholine rings is 1. The molecule has 1 saturated heterocycles. The highest BCUT2D eigenvalue weighted by Crippen LogP contribution is 2.41. The lowest BCUT2D eigenvalue weighted by Gasteiger charge is -2.30. The van der Waals surface area contributed by atoms with Gasteiger partial charge in [0.25, 0.3) is 0 Å². The van der Waals surface area contributed by atoms with Crippen molar-refractivity contribution in [1.29, 1.82) is 0 Å². The van der Waals surface area contributed by atoms with Crippen molar-refractivity contribution < 1.29 is 17.9 Å². The molecule has 0 radical (unpaired) electrons. The van der Waals surface area contributed by atoms with E-state index in [1.54, 1.807) is 39.1 Å². The Morgan fingerprint density at radius 1 is 1.12 bits per heavy atom. The summed E-state index contributed by atoms with van der Waals surface area (Å²) in [5.41, 5.74) is 1.86. The number of nitrogens with one attached hydrogen (secondary N) is 2. The van der Waals surface area contributed by atoms with Crippen LogP contribution < -0.4 is 15.5 Å². The maximum atomic E-state index is 13.2. The highest BCUT2D eigenvalue weighted by molar-refractivity contribution is 7.93.